The van der Waals surface area contributed by atoms with Gasteiger partial charge in [-0.15, -0.1) is 0 Å². The minimum atomic E-state index is -0.411. The maximum atomic E-state index is 4.22. The summed E-state index contributed by atoms with van der Waals surface area (Å²) >= 11 is 0. The summed E-state index contributed by atoms with van der Waals surface area (Å²) < 4.78 is 2.61. The van der Waals surface area contributed by atoms with Gasteiger partial charge in [0.25, 0.3) is 0 Å². The van der Waals surface area contributed by atoms with Crippen molar-refractivity contribution >= 4 is 21.8 Å². The summed E-state index contributed by atoms with van der Waals surface area (Å²) in [6.45, 7) is 0. The lowest BCUT2D eigenvalue weighted by molar-refractivity contribution is 0.220. The van der Waals surface area contributed by atoms with Crippen molar-refractivity contribution in [2.45, 2.75) is 30.1 Å². The summed E-state index contributed by atoms with van der Waals surface area (Å²) in [6, 6.07) is 56.5. The maximum Gasteiger partial charge on any atom is 0.160 e. The number of aromatic nitrogens is 1. The van der Waals surface area contributed by atoms with E-state index < -0.39 is 5.41 Å². The molecule has 5 unspecified atom stereocenters. The fourth-order valence-electron chi connectivity index (χ4n) is 10.4. The monoisotopic (exact) mass is 695 g/mol. The lowest BCUT2D eigenvalue weighted by Crippen LogP contribution is -2.50. The van der Waals surface area contributed by atoms with Crippen LogP contribution in [0.3, 0.4) is 0 Å². The van der Waals surface area contributed by atoms with Gasteiger partial charge < -0.3 is 9.88 Å². The first kappa shape index (κ1) is 31.4. The average Bonchev–Trinajstić information content (AvgIpc) is 3.75. The van der Waals surface area contributed by atoms with Crippen molar-refractivity contribution in [2.24, 2.45) is 11.8 Å². The Hall–Kier alpha value is -6.16. The maximum absolute atomic E-state index is 4.22. The number of rotatable bonds is 5. The number of fused-ring (bicyclic) bond motifs is 8. The molecule has 0 radical (unpaired) electrons. The van der Waals surface area contributed by atoms with Crippen molar-refractivity contribution in [3.05, 3.63) is 228 Å². The zero-order valence-corrected chi connectivity index (χ0v) is 30.0. The predicted octanol–water partition coefficient (Wildman–Crippen LogP) is 11.5. The molecule has 3 aliphatic carbocycles. The molecule has 2 heterocycles. The number of benzene rings is 6. The largest absolute Gasteiger partial charge is 0.356 e. The van der Waals surface area contributed by atoms with Crippen molar-refractivity contribution in [3.8, 4) is 11.1 Å². The van der Waals surface area contributed by atoms with Crippen LogP contribution in [0.15, 0.2) is 200 Å². The number of hydrogen-bond donors (Lipinski definition) is 2. The number of allylic oxidation sites excluding steroid dienone is 7. The first-order chi connectivity index (χ1) is 26.8. The van der Waals surface area contributed by atoms with E-state index in [2.05, 4.69) is 209 Å². The van der Waals surface area contributed by atoms with Gasteiger partial charge in [0.05, 0.1) is 16.4 Å². The Kier molecular flexibility index (Phi) is 7.25. The SMILES string of the molecule is C1=CCC2C(=C1)NC(n1c3ccccc3c3ccc4c(c31)C(c1ccccc1)(c1ccccc1)C1C=CC=CC41)NC2c1ccc(-c2ccccc2)cc1. The van der Waals surface area contributed by atoms with Crippen LogP contribution < -0.4 is 10.6 Å². The number of nitrogens with one attached hydrogen (secondary N) is 2. The van der Waals surface area contributed by atoms with Gasteiger partial charge in [0.2, 0.25) is 0 Å². The Labute approximate surface area is 316 Å². The molecule has 260 valence electrons. The van der Waals surface area contributed by atoms with Crippen LogP contribution in [-0.4, -0.2) is 4.57 Å². The summed E-state index contributed by atoms with van der Waals surface area (Å²) in [7, 11) is 0. The van der Waals surface area contributed by atoms with Crippen LogP contribution in [0.1, 0.15) is 52.5 Å². The van der Waals surface area contributed by atoms with Crippen molar-refractivity contribution < 1.29 is 0 Å². The molecule has 6 aromatic carbocycles. The van der Waals surface area contributed by atoms with E-state index in [1.165, 1.54) is 66.4 Å². The normalized spacial score (nSPS) is 23.4. The highest BCUT2D eigenvalue weighted by atomic mass is 15.4. The lowest BCUT2D eigenvalue weighted by Gasteiger charge is -2.43. The fraction of sp³-hybridized carbons (Fsp3) is 0.137. The zero-order chi connectivity index (χ0) is 35.6. The van der Waals surface area contributed by atoms with Crippen molar-refractivity contribution in [2.75, 3.05) is 0 Å². The van der Waals surface area contributed by atoms with Crippen LogP contribution in [0.25, 0.3) is 32.9 Å². The summed E-state index contributed by atoms with van der Waals surface area (Å²) in [5.74, 6) is 0.775. The summed E-state index contributed by atoms with van der Waals surface area (Å²) in [4.78, 5) is 0. The highest BCUT2D eigenvalue weighted by molar-refractivity contribution is 6.10. The van der Waals surface area contributed by atoms with Crippen LogP contribution in [0.5, 0.6) is 0 Å². The highest BCUT2D eigenvalue weighted by Crippen LogP contribution is 2.62. The van der Waals surface area contributed by atoms with E-state index in [-0.39, 0.29) is 24.2 Å². The van der Waals surface area contributed by atoms with E-state index in [0.29, 0.717) is 5.92 Å². The molecular weight excluding hydrogens is 655 g/mol. The average molecular weight is 696 g/mol. The van der Waals surface area contributed by atoms with Gasteiger partial charge in [-0.25, -0.2) is 0 Å². The Morgan fingerprint density at radius 1 is 0.593 bits per heavy atom. The van der Waals surface area contributed by atoms with Crippen LogP contribution in [0, 0.1) is 11.8 Å². The first-order valence-corrected chi connectivity index (χ1v) is 19.4. The summed E-state index contributed by atoms with van der Waals surface area (Å²) in [5.41, 5.74) is 12.7. The topological polar surface area (TPSA) is 29.0 Å². The Morgan fingerprint density at radius 2 is 1.26 bits per heavy atom. The van der Waals surface area contributed by atoms with E-state index in [1.54, 1.807) is 0 Å². The van der Waals surface area contributed by atoms with Gasteiger partial charge in [0, 0.05) is 40.3 Å². The third kappa shape index (κ3) is 4.58. The second kappa shape index (κ2) is 12.5. The Bertz CT molecular complexity index is 2610. The van der Waals surface area contributed by atoms with Gasteiger partial charge in [-0.3, -0.25) is 5.32 Å². The standard InChI is InChI=1S/C51H41N3/c1-4-16-34(17-5-1)35-28-30-36(31-29-35)48-43-24-11-14-26-45(43)52-50(53-48)54-46-27-15-12-23-40(46)42-33-32-41-39-22-10-13-25-44(39)51(47(41)49(42)54,37-18-6-2-7-19-37)38-20-8-3-9-21-38/h1-23,25-33,39,43-44,48,50,52-53H,24H2. The Morgan fingerprint density at radius 3 is 2.02 bits per heavy atom. The molecule has 54 heavy (non-hydrogen) atoms. The fourth-order valence-corrected chi connectivity index (χ4v) is 10.4. The number of hydrogen-bond acceptors (Lipinski definition) is 2. The molecule has 3 heteroatoms. The van der Waals surface area contributed by atoms with Gasteiger partial charge >= 0.3 is 0 Å². The molecule has 4 aliphatic rings. The minimum absolute atomic E-state index is 0.117. The molecule has 2 N–H and O–H groups in total. The molecule has 0 spiro atoms. The van der Waals surface area contributed by atoms with E-state index in [9.17, 15) is 0 Å². The molecule has 5 atom stereocenters. The van der Waals surface area contributed by atoms with E-state index in [1.807, 2.05) is 0 Å². The molecule has 1 saturated heterocycles. The van der Waals surface area contributed by atoms with Crippen LogP contribution in [0.2, 0.25) is 0 Å². The van der Waals surface area contributed by atoms with Gasteiger partial charge in [-0.2, -0.15) is 0 Å². The third-order valence-corrected chi connectivity index (χ3v) is 12.6. The number of nitrogens with zero attached hydrogens (tertiary/aromatic N) is 1. The van der Waals surface area contributed by atoms with Crippen molar-refractivity contribution in [1.82, 2.24) is 15.2 Å². The Balaban J connectivity index is 1.17. The molecule has 1 aliphatic heterocycles. The summed E-state index contributed by atoms with van der Waals surface area (Å²) in [5, 5.41) is 10.9. The van der Waals surface area contributed by atoms with Crippen molar-refractivity contribution in [1.29, 1.82) is 0 Å². The molecule has 11 rings (SSSR count). The third-order valence-electron chi connectivity index (χ3n) is 12.6. The minimum Gasteiger partial charge on any atom is -0.356 e. The molecule has 3 nitrogen and oxygen atoms in total. The van der Waals surface area contributed by atoms with E-state index in [0.717, 1.165) is 6.42 Å². The van der Waals surface area contributed by atoms with Crippen LogP contribution in [-0.2, 0) is 5.41 Å². The van der Waals surface area contributed by atoms with E-state index in [4.69, 9.17) is 0 Å². The van der Waals surface area contributed by atoms with Crippen LogP contribution >= 0.6 is 0 Å². The number of para-hydroxylation sites is 1. The van der Waals surface area contributed by atoms with Gasteiger partial charge in [0.1, 0.15) is 0 Å². The molecule has 7 aromatic rings. The molecular formula is C51H41N3. The predicted molar refractivity (Wildman–Crippen MR) is 222 cm³/mol. The summed E-state index contributed by atoms with van der Waals surface area (Å²) in [6.07, 6.45) is 17.1. The van der Waals surface area contributed by atoms with Gasteiger partial charge in [-0.1, -0.05) is 182 Å². The van der Waals surface area contributed by atoms with E-state index >= 15 is 0 Å². The first-order valence-electron chi connectivity index (χ1n) is 19.4. The lowest BCUT2D eigenvalue weighted by atomic mass is 9.63. The van der Waals surface area contributed by atoms with Gasteiger partial charge in [-0.05, 0) is 57.5 Å². The molecule has 1 aromatic heterocycles. The van der Waals surface area contributed by atoms with Crippen molar-refractivity contribution in [3.63, 3.8) is 0 Å². The second-order valence-corrected chi connectivity index (χ2v) is 15.2. The van der Waals surface area contributed by atoms with Gasteiger partial charge in [0.15, 0.2) is 6.29 Å². The second-order valence-electron chi connectivity index (χ2n) is 15.2. The highest BCUT2D eigenvalue weighted by Gasteiger charge is 2.54. The zero-order valence-electron chi connectivity index (χ0n) is 30.0. The van der Waals surface area contributed by atoms with Crippen LogP contribution in [0.4, 0.5) is 0 Å². The molecule has 0 amide bonds. The molecule has 1 fully saturated rings. The smallest absolute Gasteiger partial charge is 0.160 e. The quantitative estimate of drug-likeness (QED) is 0.188. The molecule has 0 saturated carbocycles. The molecule has 0 bridgehead atoms.